The maximum atomic E-state index is 12.7. The first-order valence-electron chi connectivity index (χ1n) is 9.81. The average Bonchev–Trinajstić information content (AvgIpc) is 2.72. The molecule has 0 spiro atoms. The van der Waals surface area contributed by atoms with Gasteiger partial charge >= 0.3 is 6.61 Å². The molecule has 0 aliphatic rings. The van der Waals surface area contributed by atoms with Crippen molar-refractivity contribution in [2.24, 2.45) is 0 Å². The van der Waals surface area contributed by atoms with E-state index in [0.29, 0.717) is 13.1 Å². The van der Waals surface area contributed by atoms with Gasteiger partial charge in [0, 0.05) is 6.54 Å². The van der Waals surface area contributed by atoms with Crippen LogP contribution < -0.4 is 15.4 Å². The van der Waals surface area contributed by atoms with Crippen LogP contribution in [-0.4, -0.2) is 49.5 Å². The number of alkyl halides is 2. The van der Waals surface area contributed by atoms with Crippen molar-refractivity contribution < 1.29 is 23.1 Å². The van der Waals surface area contributed by atoms with Gasteiger partial charge in [-0.25, -0.2) is 0 Å². The number of halogens is 2. The van der Waals surface area contributed by atoms with Crippen LogP contribution >= 0.6 is 0 Å². The molecular formula is C22H27F2N3O3. The number of hydrogen-bond acceptors (Lipinski definition) is 4. The van der Waals surface area contributed by atoms with Gasteiger partial charge in [0.05, 0.1) is 19.1 Å². The summed E-state index contributed by atoms with van der Waals surface area (Å²) in [6, 6.07) is 15.0. The molecule has 2 aromatic carbocycles. The molecule has 162 valence electrons. The number of hydrogen-bond donors (Lipinski definition) is 2. The molecule has 2 amide bonds. The van der Waals surface area contributed by atoms with Crippen molar-refractivity contribution in [1.29, 1.82) is 0 Å². The number of benzene rings is 2. The predicted molar refractivity (Wildman–Crippen MR) is 110 cm³/mol. The summed E-state index contributed by atoms with van der Waals surface area (Å²) in [6.45, 7) is 2.08. The van der Waals surface area contributed by atoms with Crippen molar-refractivity contribution in [2.45, 2.75) is 26.5 Å². The van der Waals surface area contributed by atoms with E-state index in [1.807, 2.05) is 44.2 Å². The molecule has 0 radical (unpaired) electrons. The van der Waals surface area contributed by atoms with Crippen LogP contribution in [0.4, 0.5) is 8.78 Å². The fourth-order valence-electron chi connectivity index (χ4n) is 2.99. The van der Waals surface area contributed by atoms with E-state index in [9.17, 15) is 18.4 Å². The maximum Gasteiger partial charge on any atom is 0.387 e. The lowest BCUT2D eigenvalue weighted by molar-refractivity contribution is -0.125. The van der Waals surface area contributed by atoms with Crippen LogP contribution in [0.15, 0.2) is 54.6 Å². The van der Waals surface area contributed by atoms with Crippen molar-refractivity contribution >= 4 is 11.8 Å². The summed E-state index contributed by atoms with van der Waals surface area (Å²) in [6.07, 6.45) is 0. The van der Waals surface area contributed by atoms with E-state index in [1.165, 1.54) is 12.1 Å². The van der Waals surface area contributed by atoms with E-state index in [0.717, 1.165) is 11.1 Å². The van der Waals surface area contributed by atoms with Crippen molar-refractivity contribution in [1.82, 2.24) is 15.5 Å². The Morgan fingerprint density at radius 2 is 1.53 bits per heavy atom. The highest BCUT2D eigenvalue weighted by Crippen LogP contribution is 2.24. The Labute approximate surface area is 175 Å². The SMILES string of the molecule is CCNC(=O)CN(CC)CC(=O)N[C@@H](c1ccccc1)c1ccc(OC(F)F)cc1. The Morgan fingerprint density at radius 3 is 2.10 bits per heavy atom. The van der Waals surface area contributed by atoms with Crippen molar-refractivity contribution in [2.75, 3.05) is 26.2 Å². The number of carbonyl (C=O) groups excluding carboxylic acids is 2. The molecule has 1 atom stereocenters. The predicted octanol–water partition coefficient (Wildman–Crippen LogP) is 2.95. The number of amides is 2. The normalized spacial score (nSPS) is 11.9. The van der Waals surface area contributed by atoms with E-state index < -0.39 is 12.7 Å². The highest BCUT2D eigenvalue weighted by Gasteiger charge is 2.19. The van der Waals surface area contributed by atoms with Gasteiger partial charge in [0.2, 0.25) is 11.8 Å². The zero-order valence-electron chi connectivity index (χ0n) is 17.1. The largest absolute Gasteiger partial charge is 0.435 e. The van der Waals surface area contributed by atoms with E-state index in [2.05, 4.69) is 15.4 Å². The van der Waals surface area contributed by atoms with Crippen LogP contribution in [0.5, 0.6) is 5.75 Å². The second-order valence-electron chi connectivity index (χ2n) is 6.62. The van der Waals surface area contributed by atoms with Crippen molar-refractivity contribution in [3.63, 3.8) is 0 Å². The molecular weight excluding hydrogens is 392 g/mol. The fraction of sp³-hybridized carbons (Fsp3) is 0.364. The summed E-state index contributed by atoms with van der Waals surface area (Å²) in [5.41, 5.74) is 1.57. The molecule has 2 rings (SSSR count). The average molecular weight is 419 g/mol. The lowest BCUT2D eigenvalue weighted by Gasteiger charge is -2.23. The first-order chi connectivity index (χ1) is 14.4. The summed E-state index contributed by atoms with van der Waals surface area (Å²) in [5.74, 6) is -0.338. The summed E-state index contributed by atoms with van der Waals surface area (Å²) in [7, 11) is 0. The minimum absolute atomic E-state index is 0.0472. The van der Waals surface area contributed by atoms with Crippen molar-refractivity contribution in [3.8, 4) is 5.75 Å². The quantitative estimate of drug-likeness (QED) is 0.588. The molecule has 2 aromatic rings. The molecule has 0 saturated carbocycles. The number of carbonyl (C=O) groups is 2. The number of ether oxygens (including phenoxy) is 1. The molecule has 0 bridgehead atoms. The van der Waals surface area contributed by atoms with Gasteiger partial charge in [-0.05, 0) is 36.7 Å². The zero-order chi connectivity index (χ0) is 21.9. The molecule has 0 heterocycles. The molecule has 0 saturated heterocycles. The number of nitrogens with one attached hydrogen (secondary N) is 2. The van der Waals surface area contributed by atoms with Gasteiger partial charge in [0.15, 0.2) is 0 Å². The van der Waals surface area contributed by atoms with E-state index in [1.54, 1.807) is 17.0 Å². The highest BCUT2D eigenvalue weighted by atomic mass is 19.3. The Bertz CT molecular complexity index is 801. The molecule has 0 fully saturated rings. The Kier molecular flexibility index (Phi) is 9.21. The van der Waals surface area contributed by atoms with Crippen LogP contribution in [0.2, 0.25) is 0 Å². The first kappa shape index (κ1) is 23.3. The molecule has 2 N–H and O–H groups in total. The van der Waals surface area contributed by atoms with Gasteiger partial charge in [-0.1, -0.05) is 49.4 Å². The molecule has 6 nitrogen and oxygen atoms in total. The summed E-state index contributed by atoms with van der Waals surface area (Å²) >= 11 is 0. The summed E-state index contributed by atoms with van der Waals surface area (Å²) in [5, 5.41) is 5.70. The van der Waals surface area contributed by atoms with Gasteiger partial charge in [0.25, 0.3) is 0 Å². The minimum Gasteiger partial charge on any atom is -0.435 e. The van der Waals surface area contributed by atoms with Gasteiger partial charge in [-0.2, -0.15) is 8.78 Å². The van der Waals surface area contributed by atoms with E-state index >= 15 is 0 Å². The van der Waals surface area contributed by atoms with Crippen LogP contribution in [0.1, 0.15) is 31.0 Å². The third-order valence-electron chi connectivity index (χ3n) is 4.43. The molecule has 0 aliphatic carbocycles. The van der Waals surface area contributed by atoms with Gasteiger partial charge in [-0.3, -0.25) is 14.5 Å². The van der Waals surface area contributed by atoms with Crippen LogP contribution in [0.25, 0.3) is 0 Å². The zero-order valence-corrected chi connectivity index (χ0v) is 17.1. The minimum atomic E-state index is -2.90. The Hall–Kier alpha value is -3.00. The fourth-order valence-corrected chi connectivity index (χ4v) is 2.99. The third kappa shape index (κ3) is 7.44. The van der Waals surface area contributed by atoms with Crippen LogP contribution in [-0.2, 0) is 9.59 Å². The molecule has 0 aliphatic heterocycles. The van der Waals surface area contributed by atoms with Gasteiger partial charge in [-0.15, -0.1) is 0 Å². The number of likely N-dealkylation sites (N-methyl/N-ethyl adjacent to an activating group) is 2. The molecule has 0 unspecified atom stereocenters. The second kappa shape index (κ2) is 11.9. The lowest BCUT2D eigenvalue weighted by atomic mass is 9.98. The monoisotopic (exact) mass is 419 g/mol. The summed E-state index contributed by atoms with van der Waals surface area (Å²) < 4.78 is 29.2. The van der Waals surface area contributed by atoms with E-state index in [-0.39, 0.29) is 30.7 Å². The topological polar surface area (TPSA) is 70.7 Å². The van der Waals surface area contributed by atoms with Gasteiger partial charge in [0.1, 0.15) is 5.75 Å². The molecule has 8 heteroatoms. The highest BCUT2D eigenvalue weighted by molar-refractivity contribution is 5.81. The van der Waals surface area contributed by atoms with Gasteiger partial charge < -0.3 is 15.4 Å². The summed E-state index contributed by atoms with van der Waals surface area (Å²) in [4.78, 5) is 26.3. The second-order valence-corrected chi connectivity index (χ2v) is 6.62. The Balaban J connectivity index is 2.14. The van der Waals surface area contributed by atoms with Crippen molar-refractivity contribution in [3.05, 3.63) is 65.7 Å². The third-order valence-corrected chi connectivity index (χ3v) is 4.43. The van der Waals surface area contributed by atoms with E-state index in [4.69, 9.17) is 0 Å². The molecule has 0 aromatic heterocycles. The van der Waals surface area contributed by atoms with Crippen LogP contribution in [0.3, 0.4) is 0 Å². The number of nitrogens with zero attached hydrogens (tertiary/aromatic N) is 1. The Morgan fingerprint density at radius 1 is 0.933 bits per heavy atom. The maximum absolute atomic E-state index is 12.7. The smallest absolute Gasteiger partial charge is 0.387 e. The standard InChI is InChI=1S/C22H27F2N3O3/c1-3-25-19(28)14-27(4-2)15-20(29)26-21(16-8-6-5-7-9-16)17-10-12-18(13-11-17)30-22(23)24/h5-13,21-22H,3-4,14-15H2,1-2H3,(H,25,28)(H,26,29)/t21-/m0/s1. The first-order valence-corrected chi connectivity index (χ1v) is 9.81. The molecule has 30 heavy (non-hydrogen) atoms. The number of rotatable bonds is 11. The lowest BCUT2D eigenvalue weighted by Crippen LogP contribution is -2.43. The van der Waals surface area contributed by atoms with Crippen LogP contribution in [0, 0.1) is 0 Å².